The second-order valence-electron chi connectivity index (χ2n) is 0.513. The van der Waals surface area contributed by atoms with E-state index in [9.17, 15) is 0 Å². The number of phosphoric acid groups is 1. The Labute approximate surface area is 78.5 Å². The van der Waals surface area contributed by atoms with E-state index in [0.717, 1.165) is 0 Å². The maximum Gasteiger partial charge on any atom is 0.466 e. The zero-order chi connectivity index (χ0) is 4.50. The van der Waals surface area contributed by atoms with Gasteiger partial charge in [-0.3, -0.25) is 0 Å². The van der Waals surface area contributed by atoms with Gasteiger partial charge in [0.05, 0.1) is 0 Å². The Balaban J connectivity index is -0.0000000800. The topological polar surface area (TPSA) is 77.8 Å². The van der Waals surface area contributed by atoms with Gasteiger partial charge < -0.3 is 14.7 Å². The predicted molar refractivity (Wildman–Crippen MR) is 14.3 cm³/mol. The van der Waals surface area contributed by atoms with Crippen LogP contribution in [0.3, 0.4) is 0 Å². The predicted octanol–water partition coefficient (Wildman–Crippen LogP) is -0.934. The first kappa shape index (κ1) is 15.9. The first-order valence-electron chi connectivity index (χ1n) is 0.783. The molecule has 3 N–H and O–H groups in total. The van der Waals surface area contributed by atoms with Crippen molar-refractivity contribution in [1.82, 2.24) is 0 Å². The average Bonchev–Trinajstić information content (AvgIpc) is 0.722. The van der Waals surface area contributed by atoms with Crippen LogP contribution in [0.25, 0.3) is 0 Å². The molecule has 0 heterocycles. The summed E-state index contributed by atoms with van der Waals surface area (Å²) in [6, 6.07) is 0. The van der Waals surface area contributed by atoms with Gasteiger partial charge >= 0.3 is 7.82 Å². The molecule has 0 saturated carbocycles. The Bertz CT molecular complexity index is 57.8. The number of rotatable bonds is 0. The summed E-state index contributed by atoms with van der Waals surface area (Å²) in [4.78, 5) is 21.6. The summed E-state index contributed by atoms with van der Waals surface area (Å²) < 4.78 is 8.88. The van der Waals surface area contributed by atoms with E-state index in [1.165, 1.54) is 0 Å². The third kappa shape index (κ3) is 77.9. The second-order valence-corrected chi connectivity index (χ2v) is 1.54. The third-order valence-electron chi connectivity index (χ3n) is 0. The Morgan fingerprint density at radius 2 is 1.14 bits per heavy atom. The van der Waals surface area contributed by atoms with Crippen molar-refractivity contribution in [3.63, 3.8) is 0 Å². The summed E-state index contributed by atoms with van der Waals surface area (Å²) in [6.45, 7) is 0. The van der Waals surface area contributed by atoms with Gasteiger partial charge in [0.1, 0.15) is 0 Å². The van der Waals surface area contributed by atoms with Crippen LogP contribution in [0.1, 0.15) is 0 Å². The molecule has 4 nitrogen and oxygen atoms in total. The first-order chi connectivity index (χ1) is 2.00. The van der Waals surface area contributed by atoms with E-state index in [-0.39, 0.29) is 52.0 Å². The largest absolute Gasteiger partial charge is 0.466 e. The summed E-state index contributed by atoms with van der Waals surface area (Å²) in [5.41, 5.74) is 0. The zero-order valence-corrected chi connectivity index (χ0v) is 10.1. The van der Waals surface area contributed by atoms with Gasteiger partial charge in [0.2, 0.25) is 0 Å². The molecular weight excluding hydrogens is 365 g/mol. The third-order valence-corrected chi connectivity index (χ3v) is 0. The molecule has 40 valence electrons. The van der Waals surface area contributed by atoms with Gasteiger partial charge in [-0.1, -0.05) is 0 Å². The fourth-order valence-electron chi connectivity index (χ4n) is 0. The van der Waals surface area contributed by atoms with Crippen LogP contribution in [0.5, 0.6) is 0 Å². The molecule has 7 heteroatoms. The van der Waals surface area contributed by atoms with Crippen molar-refractivity contribution in [3.8, 4) is 0 Å². The molecule has 0 fully saturated rings. The van der Waals surface area contributed by atoms with E-state index in [2.05, 4.69) is 0 Å². The normalized spacial score (nSPS) is 8.43. The Kier molecular flexibility index (Phi) is 13.6. The summed E-state index contributed by atoms with van der Waals surface area (Å²) in [6.07, 6.45) is 0. The minimum absolute atomic E-state index is 0. The van der Waals surface area contributed by atoms with Crippen LogP contribution in [0.4, 0.5) is 0 Å². The molecule has 0 aliphatic carbocycles. The fraction of sp³-hybridized carbons (Fsp3) is 0. The smallest absolute Gasteiger partial charge is 0.303 e. The molecule has 0 bridgehead atoms. The van der Waals surface area contributed by atoms with Crippen LogP contribution in [-0.4, -0.2) is 14.7 Å². The monoisotopic (exact) mass is 368 g/mol. The molecule has 0 radical (unpaired) electrons. The second kappa shape index (κ2) is 5.99. The van der Waals surface area contributed by atoms with E-state index in [1.54, 1.807) is 0 Å². The standard InChI is InChI=1S/Hf.H3O4P.Zr/c;1-5(2,3)4;/h;(H3,1,2,3,4);. The minimum Gasteiger partial charge on any atom is -0.303 e. The van der Waals surface area contributed by atoms with Crippen molar-refractivity contribution in [2.24, 2.45) is 0 Å². The fourth-order valence-corrected chi connectivity index (χ4v) is 0. The Hall–Kier alpha value is 1.86. The molecule has 0 amide bonds. The van der Waals surface area contributed by atoms with Crippen LogP contribution < -0.4 is 0 Å². The van der Waals surface area contributed by atoms with Crippen LogP contribution in [0, 0.1) is 0 Å². The molecule has 0 aromatic rings. The summed E-state index contributed by atoms with van der Waals surface area (Å²) >= 11 is 0. The van der Waals surface area contributed by atoms with Gasteiger partial charge in [0.25, 0.3) is 0 Å². The molecule has 0 aliphatic heterocycles. The summed E-state index contributed by atoms with van der Waals surface area (Å²) in [7, 11) is -4.64. The van der Waals surface area contributed by atoms with Gasteiger partial charge in [0, 0.05) is 52.0 Å². The van der Waals surface area contributed by atoms with Gasteiger partial charge in [-0.2, -0.15) is 0 Å². The molecule has 0 unspecified atom stereocenters. The van der Waals surface area contributed by atoms with E-state index >= 15 is 0 Å². The molecule has 7 heavy (non-hydrogen) atoms. The first-order valence-corrected chi connectivity index (χ1v) is 2.35. The molecular formula is H3HfO4PZr. The zero-order valence-electron chi connectivity index (χ0n) is 3.20. The Morgan fingerprint density at radius 1 is 1.14 bits per heavy atom. The molecule has 0 rings (SSSR count). The van der Waals surface area contributed by atoms with Gasteiger partial charge in [-0.15, -0.1) is 0 Å². The molecule has 0 saturated heterocycles. The molecule has 0 aromatic heterocycles. The van der Waals surface area contributed by atoms with Crippen molar-refractivity contribution in [2.45, 2.75) is 0 Å². The van der Waals surface area contributed by atoms with Crippen molar-refractivity contribution in [3.05, 3.63) is 0 Å². The van der Waals surface area contributed by atoms with Gasteiger partial charge in [-0.05, 0) is 0 Å². The molecule has 0 aromatic carbocycles. The SMILES string of the molecule is O=P(O)(O)O.[Hf].[Zr]. The van der Waals surface area contributed by atoms with E-state index in [4.69, 9.17) is 19.2 Å². The van der Waals surface area contributed by atoms with Gasteiger partial charge in [0.15, 0.2) is 0 Å². The van der Waals surface area contributed by atoms with Gasteiger partial charge in [-0.25, -0.2) is 4.57 Å². The quantitative estimate of drug-likeness (QED) is 0.382. The average molecular weight is 368 g/mol. The van der Waals surface area contributed by atoms with Crippen molar-refractivity contribution < 1.29 is 71.3 Å². The maximum atomic E-state index is 8.88. The van der Waals surface area contributed by atoms with E-state index < -0.39 is 7.82 Å². The summed E-state index contributed by atoms with van der Waals surface area (Å²) in [5, 5.41) is 0. The van der Waals surface area contributed by atoms with E-state index in [0.29, 0.717) is 0 Å². The minimum atomic E-state index is -4.64. The molecule has 0 spiro atoms. The van der Waals surface area contributed by atoms with Crippen LogP contribution in [0.15, 0.2) is 0 Å². The van der Waals surface area contributed by atoms with Crippen LogP contribution in [0.2, 0.25) is 0 Å². The molecule has 0 aliphatic rings. The van der Waals surface area contributed by atoms with Crippen LogP contribution >= 0.6 is 7.82 Å². The van der Waals surface area contributed by atoms with Crippen molar-refractivity contribution in [2.75, 3.05) is 0 Å². The van der Waals surface area contributed by atoms with Crippen LogP contribution in [-0.2, 0) is 56.6 Å². The van der Waals surface area contributed by atoms with E-state index in [1.807, 2.05) is 0 Å². The Morgan fingerprint density at radius 3 is 1.14 bits per heavy atom. The maximum absolute atomic E-state index is 8.88. The van der Waals surface area contributed by atoms with Crippen molar-refractivity contribution >= 4 is 7.82 Å². The number of hydrogen-bond donors (Lipinski definition) is 3. The van der Waals surface area contributed by atoms with Crippen molar-refractivity contribution in [1.29, 1.82) is 0 Å². The summed E-state index contributed by atoms with van der Waals surface area (Å²) in [5.74, 6) is 0. The number of hydrogen-bond acceptors (Lipinski definition) is 1. The molecule has 0 atom stereocenters.